The van der Waals surface area contributed by atoms with Gasteiger partial charge in [0.05, 0.1) is 6.10 Å². The van der Waals surface area contributed by atoms with Crippen LogP contribution >= 0.6 is 11.6 Å². The average molecular weight is 268 g/mol. The van der Waals surface area contributed by atoms with E-state index in [4.69, 9.17) is 16.3 Å². The van der Waals surface area contributed by atoms with E-state index in [-0.39, 0.29) is 0 Å². The summed E-state index contributed by atoms with van der Waals surface area (Å²) in [6, 6.07) is 8.52. The van der Waals surface area contributed by atoms with Crippen molar-refractivity contribution < 1.29 is 4.74 Å². The monoisotopic (exact) mass is 267 g/mol. The second-order valence-electron chi connectivity index (χ2n) is 5.03. The number of ether oxygens (including phenoxy) is 1. The Morgan fingerprint density at radius 1 is 1.33 bits per heavy atom. The first-order chi connectivity index (χ1) is 8.74. The molecular formula is C15H22ClNO. The molecule has 18 heavy (non-hydrogen) atoms. The zero-order valence-electron chi connectivity index (χ0n) is 11.2. The van der Waals surface area contributed by atoms with Gasteiger partial charge in [-0.25, -0.2) is 0 Å². The van der Waals surface area contributed by atoms with Crippen molar-refractivity contribution in [1.82, 2.24) is 5.32 Å². The molecule has 1 aliphatic carbocycles. The van der Waals surface area contributed by atoms with Crippen LogP contribution in [0.3, 0.4) is 0 Å². The minimum atomic E-state index is 0.334. The molecule has 0 bridgehead atoms. The Balaban J connectivity index is 2.02. The highest BCUT2D eigenvalue weighted by Gasteiger charge is 2.36. The van der Waals surface area contributed by atoms with Crippen molar-refractivity contribution in [3.8, 4) is 0 Å². The van der Waals surface area contributed by atoms with Crippen LogP contribution in [0.5, 0.6) is 0 Å². The number of methoxy groups -OCH3 is 1. The van der Waals surface area contributed by atoms with E-state index >= 15 is 0 Å². The Bertz CT molecular complexity index is 361. The summed E-state index contributed by atoms with van der Waals surface area (Å²) >= 11 is 5.92. The van der Waals surface area contributed by atoms with E-state index in [9.17, 15) is 0 Å². The first kappa shape index (κ1) is 13.9. The standard InChI is InChI=1S/C15H22ClNO/c1-3-17-14(15(18-2)12-6-7-12)10-11-4-8-13(16)9-5-11/h4-5,8-9,12,14-15,17H,3,6-7,10H2,1-2H3. The van der Waals surface area contributed by atoms with Crippen LogP contribution < -0.4 is 5.32 Å². The summed E-state index contributed by atoms with van der Waals surface area (Å²) in [4.78, 5) is 0. The van der Waals surface area contributed by atoms with Crippen LogP contribution in [0.4, 0.5) is 0 Å². The van der Waals surface area contributed by atoms with Gasteiger partial charge in [-0.15, -0.1) is 0 Å². The molecule has 100 valence electrons. The van der Waals surface area contributed by atoms with Crippen molar-refractivity contribution in [3.63, 3.8) is 0 Å². The lowest BCUT2D eigenvalue weighted by atomic mass is 9.98. The molecule has 1 saturated carbocycles. The van der Waals surface area contributed by atoms with Crippen LogP contribution in [0.15, 0.2) is 24.3 Å². The Morgan fingerprint density at radius 3 is 2.50 bits per heavy atom. The first-order valence-corrected chi connectivity index (χ1v) is 7.13. The smallest absolute Gasteiger partial charge is 0.0755 e. The molecule has 0 saturated heterocycles. The van der Waals surface area contributed by atoms with Gasteiger partial charge in [0.2, 0.25) is 0 Å². The summed E-state index contributed by atoms with van der Waals surface area (Å²) in [7, 11) is 1.83. The van der Waals surface area contributed by atoms with Gasteiger partial charge in [0.1, 0.15) is 0 Å². The summed E-state index contributed by atoms with van der Waals surface area (Å²) in [5.74, 6) is 0.742. The molecule has 0 aromatic heterocycles. The molecular weight excluding hydrogens is 246 g/mol. The number of halogens is 1. The minimum Gasteiger partial charge on any atom is -0.380 e. The van der Waals surface area contributed by atoms with E-state index in [2.05, 4.69) is 24.4 Å². The summed E-state index contributed by atoms with van der Waals surface area (Å²) < 4.78 is 5.70. The number of likely N-dealkylation sites (N-methyl/N-ethyl adjacent to an activating group) is 1. The summed E-state index contributed by atoms with van der Waals surface area (Å²) in [5.41, 5.74) is 1.31. The highest BCUT2D eigenvalue weighted by atomic mass is 35.5. The molecule has 1 aliphatic rings. The van der Waals surface area contributed by atoms with Gasteiger partial charge in [-0.2, -0.15) is 0 Å². The van der Waals surface area contributed by atoms with Crippen LogP contribution in [-0.2, 0) is 11.2 Å². The van der Waals surface area contributed by atoms with E-state index in [1.54, 1.807) is 0 Å². The lowest BCUT2D eigenvalue weighted by molar-refractivity contribution is 0.0516. The van der Waals surface area contributed by atoms with E-state index in [1.807, 2.05) is 19.2 Å². The van der Waals surface area contributed by atoms with Crippen LogP contribution in [0.1, 0.15) is 25.3 Å². The van der Waals surface area contributed by atoms with E-state index in [0.29, 0.717) is 12.1 Å². The van der Waals surface area contributed by atoms with Gasteiger partial charge >= 0.3 is 0 Å². The molecule has 1 fully saturated rings. The summed E-state index contributed by atoms with van der Waals surface area (Å²) in [6.07, 6.45) is 3.95. The predicted molar refractivity (Wildman–Crippen MR) is 76.1 cm³/mol. The maximum Gasteiger partial charge on any atom is 0.0755 e. The number of hydrogen-bond donors (Lipinski definition) is 1. The van der Waals surface area contributed by atoms with Gasteiger partial charge in [-0.3, -0.25) is 0 Å². The SMILES string of the molecule is CCNC(Cc1ccc(Cl)cc1)C(OC)C1CC1. The van der Waals surface area contributed by atoms with Gasteiger partial charge in [0.15, 0.2) is 0 Å². The summed E-state index contributed by atoms with van der Waals surface area (Å²) in [6.45, 7) is 3.12. The van der Waals surface area contributed by atoms with Gasteiger partial charge < -0.3 is 10.1 Å². The first-order valence-electron chi connectivity index (χ1n) is 6.75. The predicted octanol–water partition coefficient (Wildman–Crippen LogP) is 3.29. The highest BCUT2D eigenvalue weighted by Crippen LogP contribution is 2.36. The maximum absolute atomic E-state index is 5.92. The largest absolute Gasteiger partial charge is 0.380 e. The molecule has 2 unspecified atom stereocenters. The molecule has 3 heteroatoms. The van der Waals surface area contributed by atoms with Crippen LogP contribution in [-0.4, -0.2) is 25.8 Å². The number of hydrogen-bond acceptors (Lipinski definition) is 2. The molecule has 2 rings (SSSR count). The van der Waals surface area contributed by atoms with Gasteiger partial charge in [-0.05, 0) is 49.4 Å². The molecule has 0 heterocycles. The van der Waals surface area contributed by atoms with E-state index < -0.39 is 0 Å². The highest BCUT2D eigenvalue weighted by molar-refractivity contribution is 6.30. The van der Waals surface area contributed by atoms with Gasteiger partial charge in [-0.1, -0.05) is 30.7 Å². The topological polar surface area (TPSA) is 21.3 Å². The van der Waals surface area contributed by atoms with Gasteiger partial charge in [0, 0.05) is 18.2 Å². The van der Waals surface area contributed by atoms with Gasteiger partial charge in [0.25, 0.3) is 0 Å². The summed E-state index contributed by atoms with van der Waals surface area (Å²) in [5, 5.41) is 4.36. The molecule has 1 N–H and O–H groups in total. The van der Waals surface area contributed by atoms with Crippen molar-refractivity contribution in [2.75, 3.05) is 13.7 Å². The third-order valence-corrected chi connectivity index (χ3v) is 3.84. The Morgan fingerprint density at radius 2 is 2.00 bits per heavy atom. The minimum absolute atomic E-state index is 0.334. The quantitative estimate of drug-likeness (QED) is 0.819. The maximum atomic E-state index is 5.92. The van der Waals surface area contributed by atoms with Crippen molar-refractivity contribution >= 4 is 11.6 Å². The van der Waals surface area contributed by atoms with Crippen LogP contribution in [0, 0.1) is 5.92 Å². The number of benzene rings is 1. The fourth-order valence-electron chi connectivity index (χ4n) is 2.55. The lowest BCUT2D eigenvalue weighted by Crippen LogP contribution is -2.43. The molecule has 0 amide bonds. The molecule has 2 atom stereocenters. The normalized spacial score (nSPS) is 18.6. The van der Waals surface area contributed by atoms with Crippen LogP contribution in [0.2, 0.25) is 5.02 Å². The number of nitrogens with one attached hydrogen (secondary N) is 1. The van der Waals surface area contributed by atoms with E-state index in [1.165, 1.54) is 18.4 Å². The van der Waals surface area contributed by atoms with Crippen molar-refractivity contribution in [1.29, 1.82) is 0 Å². The Hall–Kier alpha value is -0.570. The molecule has 2 nitrogen and oxygen atoms in total. The molecule has 1 aromatic rings. The second-order valence-corrected chi connectivity index (χ2v) is 5.47. The fraction of sp³-hybridized carbons (Fsp3) is 0.600. The fourth-order valence-corrected chi connectivity index (χ4v) is 2.68. The number of rotatable bonds is 7. The molecule has 0 radical (unpaired) electrons. The molecule has 1 aromatic carbocycles. The van der Waals surface area contributed by atoms with E-state index in [0.717, 1.165) is 23.9 Å². The second kappa shape index (κ2) is 6.55. The Kier molecular flexibility index (Phi) is 5.04. The van der Waals surface area contributed by atoms with Crippen molar-refractivity contribution in [2.45, 2.75) is 38.3 Å². The zero-order valence-corrected chi connectivity index (χ0v) is 11.9. The van der Waals surface area contributed by atoms with Crippen molar-refractivity contribution in [3.05, 3.63) is 34.9 Å². The third-order valence-electron chi connectivity index (χ3n) is 3.59. The van der Waals surface area contributed by atoms with Crippen molar-refractivity contribution in [2.24, 2.45) is 5.92 Å². The van der Waals surface area contributed by atoms with Crippen LogP contribution in [0.25, 0.3) is 0 Å². The molecule has 0 spiro atoms. The third kappa shape index (κ3) is 3.71. The lowest BCUT2D eigenvalue weighted by Gasteiger charge is -2.27. The Labute approximate surface area is 115 Å². The molecule has 0 aliphatic heterocycles. The zero-order chi connectivity index (χ0) is 13.0. The average Bonchev–Trinajstić information content (AvgIpc) is 3.18.